The van der Waals surface area contributed by atoms with Gasteiger partial charge >= 0.3 is 0 Å². The zero-order chi connectivity index (χ0) is 14.9. The van der Waals surface area contributed by atoms with Gasteiger partial charge in [0.1, 0.15) is 5.69 Å². The van der Waals surface area contributed by atoms with Crippen LogP contribution in [0.2, 0.25) is 0 Å². The Labute approximate surface area is 125 Å². The van der Waals surface area contributed by atoms with E-state index in [1.165, 1.54) is 32.1 Å². The number of amides is 1. The van der Waals surface area contributed by atoms with Gasteiger partial charge in [-0.15, -0.1) is 0 Å². The number of carbonyl (C=O) groups excluding carboxylic acids is 1. The summed E-state index contributed by atoms with van der Waals surface area (Å²) >= 11 is 0. The van der Waals surface area contributed by atoms with Crippen LogP contribution in [0.3, 0.4) is 0 Å². The Morgan fingerprint density at radius 1 is 1.29 bits per heavy atom. The van der Waals surface area contributed by atoms with Crippen LogP contribution in [0.15, 0.2) is 24.3 Å². The summed E-state index contributed by atoms with van der Waals surface area (Å²) in [7, 11) is 0. The second-order valence-electron chi connectivity index (χ2n) is 6.58. The monoisotopic (exact) mass is 285 g/mol. The van der Waals surface area contributed by atoms with E-state index in [1.54, 1.807) is 0 Å². The molecule has 1 aliphatic carbocycles. The predicted molar refractivity (Wildman–Crippen MR) is 86.2 cm³/mol. The summed E-state index contributed by atoms with van der Waals surface area (Å²) in [6.45, 7) is 3.03. The molecule has 0 unspecified atom stereocenters. The molecular weight excluding hydrogens is 262 g/mol. The van der Waals surface area contributed by atoms with E-state index < -0.39 is 0 Å². The summed E-state index contributed by atoms with van der Waals surface area (Å²) in [5.74, 6) is -0.0310. The molecule has 1 aliphatic rings. The van der Waals surface area contributed by atoms with Crippen molar-refractivity contribution in [2.45, 2.75) is 39.0 Å². The van der Waals surface area contributed by atoms with Crippen molar-refractivity contribution in [1.29, 1.82) is 0 Å². The molecular formula is C17H23N3O. The minimum absolute atomic E-state index is 0.0310. The molecule has 0 aliphatic heterocycles. The standard InChI is InChI=1S/C17H23N3O/c1-17(7-3-2-4-8-17)11-19-16(21)15-10-12-9-13(18)5-6-14(12)20-15/h5-6,9-10,20H,2-4,7-8,11,18H2,1H3,(H,19,21). The normalized spacial score (nSPS) is 17.8. The molecule has 112 valence electrons. The maximum absolute atomic E-state index is 12.3. The quantitative estimate of drug-likeness (QED) is 0.756. The lowest BCUT2D eigenvalue weighted by Gasteiger charge is -2.33. The van der Waals surface area contributed by atoms with E-state index >= 15 is 0 Å². The number of H-pyrrole nitrogens is 1. The van der Waals surface area contributed by atoms with Crippen LogP contribution in [0.5, 0.6) is 0 Å². The molecule has 0 saturated heterocycles. The molecule has 2 aromatic rings. The number of anilines is 1. The number of aromatic amines is 1. The van der Waals surface area contributed by atoms with Gasteiger partial charge in [0.2, 0.25) is 0 Å². The highest BCUT2D eigenvalue weighted by atomic mass is 16.1. The van der Waals surface area contributed by atoms with Gasteiger partial charge < -0.3 is 16.0 Å². The zero-order valence-corrected chi connectivity index (χ0v) is 12.5. The van der Waals surface area contributed by atoms with Crippen LogP contribution in [0.4, 0.5) is 5.69 Å². The van der Waals surface area contributed by atoms with Gasteiger partial charge in [0.25, 0.3) is 5.91 Å². The van der Waals surface area contributed by atoms with Crippen molar-refractivity contribution in [2.75, 3.05) is 12.3 Å². The van der Waals surface area contributed by atoms with E-state index in [1.807, 2.05) is 24.3 Å². The number of rotatable bonds is 3. The largest absolute Gasteiger partial charge is 0.399 e. The van der Waals surface area contributed by atoms with E-state index in [0.29, 0.717) is 11.4 Å². The van der Waals surface area contributed by atoms with E-state index in [2.05, 4.69) is 17.2 Å². The fraction of sp³-hybridized carbons (Fsp3) is 0.471. The summed E-state index contributed by atoms with van der Waals surface area (Å²) in [5.41, 5.74) is 8.28. The van der Waals surface area contributed by atoms with Crippen LogP contribution >= 0.6 is 0 Å². The van der Waals surface area contributed by atoms with Crippen molar-refractivity contribution in [2.24, 2.45) is 5.41 Å². The Morgan fingerprint density at radius 3 is 2.81 bits per heavy atom. The second kappa shape index (κ2) is 5.43. The summed E-state index contributed by atoms with van der Waals surface area (Å²) in [4.78, 5) is 15.5. The lowest BCUT2D eigenvalue weighted by atomic mass is 9.76. The van der Waals surface area contributed by atoms with Gasteiger partial charge in [0.15, 0.2) is 0 Å². The third-order valence-corrected chi connectivity index (χ3v) is 4.63. The van der Waals surface area contributed by atoms with Gasteiger partial charge in [-0.3, -0.25) is 4.79 Å². The topological polar surface area (TPSA) is 70.9 Å². The van der Waals surface area contributed by atoms with Crippen molar-refractivity contribution < 1.29 is 4.79 Å². The van der Waals surface area contributed by atoms with E-state index in [4.69, 9.17) is 5.73 Å². The second-order valence-corrected chi connectivity index (χ2v) is 6.58. The van der Waals surface area contributed by atoms with Crippen LogP contribution in [0.25, 0.3) is 10.9 Å². The summed E-state index contributed by atoms with van der Waals surface area (Å²) in [5, 5.41) is 4.06. The molecule has 0 atom stereocenters. The Hall–Kier alpha value is -1.97. The molecule has 0 bridgehead atoms. The first kappa shape index (κ1) is 14.0. The van der Waals surface area contributed by atoms with Crippen molar-refractivity contribution >= 4 is 22.5 Å². The van der Waals surface area contributed by atoms with Gasteiger partial charge in [0, 0.05) is 23.1 Å². The molecule has 1 saturated carbocycles. The fourth-order valence-electron chi connectivity index (χ4n) is 3.24. The lowest BCUT2D eigenvalue weighted by molar-refractivity contribution is 0.0915. The minimum Gasteiger partial charge on any atom is -0.399 e. The predicted octanol–water partition coefficient (Wildman–Crippen LogP) is 3.45. The highest BCUT2D eigenvalue weighted by Gasteiger charge is 2.27. The maximum atomic E-state index is 12.3. The van der Waals surface area contributed by atoms with Crippen LogP contribution in [-0.2, 0) is 0 Å². The van der Waals surface area contributed by atoms with E-state index in [-0.39, 0.29) is 11.3 Å². The highest BCUT2D eigenvalue weighted by Crippen LogP contribution is 2.35. The van der Waals surface area contributed by atoms with Gasteiger partial charge in [0.05, 0.1) is 0 Å². The van der Waals surface area contributed by atoms with Crippen LogP contribution in [0, 0.1) is 5.41 Å². The van der Waals surface area contributed by atoms with Gasteiger partial charge in [-0.05, 0) is 42.5 Å². The molecule has 4 nitrogen and oxygen atoms in total. The fourth-order valence-corrected chi connectivity index (χ4v) is 3.24. The Bertz CT molecular complexity index is 653. The third-order valence-electron chi connectivity index (χ3n) is 4.63. The van der Waals surface area contributed by atoms with Crippen molar-refractivity contribution in [1.82, 2.24) is 10.3 Å². The van der Waals surface area contributed by atoms with Gasteiger partial charge in [-0.25, -0.2) is 0 Å². The highest BCUT2D eigenvalue weighted by molar-refractivity contribution is 5.98. The number of benzene rings is 1. The minimum atomic E-state index is -0.0310. The first-order valence-corrected chi connectivity index (χ1v) is 7.72. The average molecular weight is 285 g/mol. The molecule has 4 N–H and O–H groups in total. The number of carbonyl (C=O) groups is 1. The molecule has 0 spiro atoms. The first-order chi connectivity index (χ1) is 10.1. The number of fused-ring (bicyclic) bond motifs is 1. The van der Waals surface area contributed by atoms with Crippen molar-refractivity contribution in [3.8, 4) is 0 Å². The van der Waals surface area contributed by atoms with Crippen LogP contribution in [0.1, 0.15) is 49.5 Å². The zero-order valence-electron chi connectivity index (χ0n) is 12.5. The number of hydrogen-bond acceptors (Lipinski definition) is 2. The molecule has 1 amide bonds. The van der Waals surface area contributed by atoms with Crippen molar-refractivity contribution in [3.05, 3.63) is 30.0 Å². The molecule has 0 radical (unpaired) electrons. The third kappa shape index (κ3) is 3.04. The SMILES string of the molecule is CC1(CNC(=O)c2cc3cc(N)ccc3[nH]2)CCCCC1. The number of nitrogens with two attached hydrogens (primary N) is 1. The average Bonchev–Trinajstić information content (AvgIpc) is 2.88. The van der Waals surface area contributed by atoms with E-state index in [0.717, 1.165) is 17.4 Å². The molecule has 1 heterocycles. The smallest absolute Gasteiger partial charge is 0.267 e. The Morgan fingerprint density at radius 2 is 2.05 bits per heavy atom. The van der Waals surface area contributed by atoms with Crippen LogP contribution in [-0.4, -0.2) is 17.4 Å². The number of nitrogens with one attached hydrogen (secondary N) is 2. The Balaban J connectivity index is 1.69. The first-order valence-electron chi connectivity index (χ1n) is 7.72. The van der Waals surface area contributed by atoms with Crippen LogP contribution < -0.4 is 11.1 Å². The maximum Gasteiger partial charge on any atom is 0.267 e. The summed E-state index contributed by atoms with van der Waals surface area (Å²) in [6.07, 6.45) is 6.29. The molecule has 3 rings (SSSR count). The number of hydrogen-bond donors (Lipinski definition) is 3. The van der Waals surface area contributed by atoms with Gasteiger partial charge in [-0.1, -0.05) is 26.2 Å². The van der Waals surface area contributed by atoms with Gasteiger partial charge in [-0.2, -0.15) is 0 Å². The summed E-state index contributed by atoms with van der Waals surface area (Å²) in [6, 6.07) is 7.49. The molecule has 1 aromatic carbocycles. The van der Waals surface area contributed by atoms with Crippen molar-refractivity contribution in [3.63, 3.8) is 0 Å². The molecule has 4 heteroatoms. The molecule has 1 fully saturated rings. The lowest BCUT2D eigenvalue weighted by Crippen LogP contribution is -2.37. The number of aromatic nitrogens is 1. The summed E-state index contributed by atoms with van der Waals surface area (Å²) < 4.78 is 0. The molecule has 1 aromatic heterocycles. The molecule has 21 heavy (non-hydrogen) atoms. The Kier molecular flexibility index (Phi) is 3.62. The number of nitrogen functional groups attached to an aromatic ring is 1. The van der Waals surface area contributed by atoms with E-state index in [9.17, 15) is 4.79 Å².